The van der Waals surface area contributed by atoms with Gasteiger partial charge in [-0.3, -0.25) is 5.32 Å². The topological polar surface area (TPSA) is 56.8 Å². The van der Waals surface area contributed by atoms with Gasteiger partial charge in [0.15, 0.2) is 11.6 Å². The van der Waals surface area contributed by atoms with Crippen molar-refractivity contribution in [1.82, 2.24) is 20.3 Å². The molecular formula is C19H20FN5. The van der Waals surface area contributed by atoms with Gasteiger partial charge in [0.1, 0.15) is 5.82 Å². The lowest BCUT2D eigenvalue weighted by atomic mass is 10.0. The molecule has 128 valence electrons. The first-order valence-corrected chi connectivity index (χ1v) is 8.47. The number of rotatable bonds is 5. The van der Waals surface area contributed by atoms with Crippen LogP contribution in [0.25, 0.3) is 0 Å². The number of aromatic amines is 1. The van der Waals surface area contributed by atoms with Gasteiger partial charge in [0.05, 0.1) is 6.04 Å². The Balaban J connectivity index is 1.51. The molecule has 1 aromatic carbocycles. The Kier molecular flexibility index (Phi) is 4.43. The third kappa shape index (κ3) is 3.39. The molecule has 2 aromatic heterocycles. The molecule has 1 saturated heterocycles. The van der Waals surface area contributed by atoms with Crippen LogP contribution in [-0.4, -0.2) is 34.1 Å². The quantitative estimate of drug-likeness (QED) is 0.752. The number of hydrogen-bond acceptors (Lipinski definition) is 4. The van der Waals surface area contributed by atoms with Crippen LogP contribution in [0.2, 0.25) is 0 Å². The molecule has 6 heteroatoms. The van der Waals surface area contributed by atoms with Crippen LogP contribution in [0.4, 0.5) is 10.2 Å². The van der Waals surface area contributed by atoms with E-state index in [9.17, 15) is 4.39 Å². The molecule has 1 fully saturated rings. The van der Waals surface area contributed by atoms with Crippen molar-refractivity contribution in [2.24, 2.45) is 0 Å². The van der Waals surface area contributed by atoms with E-state index in [2.05, 4.69) is 32.4 Å². The van der Waals surface area contributed by atoms with Gasteiger partial charge in [0.25, 0.3) is 0 Å². The zero-order valence-corrected chi connectivity index (χ0v) is 13.8. The van der Waals surface area contributed by atoms with Gasteiger partial charge >= 0.3 is 0 Å². The molecule has 0 bridgehead atoms. The summed E-state index contributed by atoms with van der Waals surface area (Å²) in [4.78, 5) is 13.8. The van der Waals surface area contributed by atoms with E-state index in [4.69, 9.17) is 0 Å². The standard InChI is InChI=1S/C19H20FN5/c20-16-7-4-9-23-19(16)25-12-8-15(13-25)24-17(18-21-10-11-22-18)14-5-2-1-3-6-14/h1-7,9-11,15,17,24H,8,12-13H2,(H,21,22)/t15-,17-/m1/s1. The molecule has 2 atom stereocenters. The number of aromatic nitrogens is 3. The third-order valence-electron chi connectivity index (χ3n) is 4.55. The van der Waals surface area contributed by atoms with Gasteiger partial charge in [0, 0.05) is 37.7 Å². The highest BCUT2D eigenvalue weighted by Crippen LogP contribution is 2.25. The molecule has 3 aromatic rings. The number of benzene rings is 1. The molecule has 0 spiro atoms. The highest BCUT2D eigenvalue weighted by molar-refractivity contribution is 5.41. The van der Waals surface area contributed by atoms with Crippen LogP contribution in [0.3, 0.4) is 0 Å². The van der Waals surface area contributed by atoms with Crippen molar-refractivity contribution in [2.75, 3.05) is 18.0 Å². The fraction of sp³-hybridized carbons (Fsp3) is 0.263. The third-order valence-corrected chi connectivity index (χ3v) is 4.55. The Morgan fingerprint density at radius 3 is 2.76 bits per heavy atom. The van der Waals surface area contributed by atoms with Crippen LogP contribution in [0.15, 0.2) is 61.1 Å². The molecule has 5 nitrogen and oxygen atoms in total. The average molecular weight is 337 g/mol. The number of anilines is 1. The van der Waals surface area contributed by atoms with Gasteiger partial charge in [-0.05, 0) is 24.1 Å². The Morgan fingerprint density at radius 2 is 2.00 bits per heavy atom. The number of pyridine rings is 1. The molecule has 25 heavy (non-hydrogen) atoms. The van der Waals surface area contributed by atoms with Gasteiger partial charge in [-0.25, -0.2) is 14.4 Å². The molecule has 0 saturated carbocycles. The number of imidazole rings is 1. The van der Waals surface area contributed by atoms with Gasteiger partial charge in [-0.1, -0.05) is 30.3 Å². The molecule has 0 unspecified atom stereocenters. The maximum atomic E-state index is 14.0. The van der Waals surface area contributed by atoms with Crippen molar-refractivity contribution in [2.45, 2.75) is 18.5 Å². The SMILES string of the molecule is Fc1cccnc1N1CC[C@@H](N[C@H](c2ccccc2)c2ncc[nH]2)C1. The van der Waals surface area contributed by atoms with E-state index in [1.165, 1.54) is 6.07 Å². The highest BCUT2D eigenvalue weighted by atomic mass is 19.1. The van der Waals surface area contributed by atoms with Crippen molar-refractivity contribution in [3.05, 3.63) is 78.3 Å². The van der Waals surface area contributed by atoms with Gasteiger partial charge < -0.3 is 9.88 Å². The van der Waals surface area contributed by atoms with E-state index < -0.39 is 0 Å². The minimum absolute atomic E-state index is 0.0188. The monoisotopic (exact) mass is 337 g/mol. The second-order valence-corrected chi connectivity index (χ2v) is 6.23. The van der Waals surface area contributed by atoms with Crippen LogP contribution in [0, 0.1) is 5.82 Å². The number of H-pyrrole nitrogens is 1. The van der Waals surface area contributed by atoms with E-state index in [0.717, 1.165) is 30.9 Å². The Bertz CT molecular complexity index is 806. The normalized spacial score (nSPS) is 18.4. The summed E-state index contributed by atoms with van der Waals surface area (Å²) in [6.45, 7) is 1.50. The van der Waals surface area contributed by atoms with E-state index in [1.54, 1.807) is 18.5 Å². The van der Waals surface area contributed by atoms with Gasteiger partial charge in [0.2, 0.25) is 0 Å². The van der Waals surface area contributed by atoms with Crippen LogP contribution in [-0.2, 0) is 0 Å². The molecule has 0 amide bonds. The summed E-state index contributed by atoms with van der Waals surface area (Å²) in [5, 5.41) is 3.67. The van der Waals surface area contributed by atoms with Crippen LogP contribution in [0.5, 0.6) is 0 Å². The summed E-state index contributed by atoms with van der Waals surface area (Å²) >= 11 is 0. The van der Waals surface area contributed by atoms with Crippen LogP contribution in [0.1, 0.15) is 23.9 Å². The smallest absolute Gasteiger partial charge is 0.165 e. The molecule has 0 aliphatic carbocycles. The van der Waals surface area contributed by atoms with E-state index in [-0.39, 0.29) is 17.9 Å². The van der Waals surface area contributed by atoms with Gasteiger partial charge in [-0.15, -0.1) is 0 Å². The second-order valence-electron chi connectivity index (χ2n) is 6.23. The molecule has 0 radical (unpaired) electrons. The van der Waals surface area contributed by atoms with E-state index in [1.807, 2.05) is 29.3 Å². The summed E-state index contributed by atoms with van der Waals surface area (Å²) in [5.41, 5.74) is 1.15. The van der Waals surface area contributed by atoms with Crippen molar-refractivity contribution >= 4 is 5.82 Å². The molecule has 2 N–H and O–H groups in total. The summed E-state index contributed by atoms with van der Waals surface area (Å²) in [6.07, 6.45) is 6.16. The molecule has 3 heterocycles. The molecule has 1 aliphatic heterocycles. The lowest BCUT2D eigenvalue weighted by Gasteiger charge is -2.23. The molecule has 4 rings (SSSR count). The summed E-state index contributed by atoms with van der Waals surface area (Å²) in [5.74, 6) is 1.04. The lowest BCUT2D eigenvalue weighted by molar-refractivity contribution is 0.487. The zero-order valence-electron chi connectivity index (χ0n) is 13.8. The zero-order chi connectivity index (χ0) is 17.1. The highest BCUT2D eigenvalue weighted by Gasteiger charge is 2.28. The first-order valence-electron chi connectivity index (χ1n) is 8.47. The number of halogens is 1. The van der Waals surface area contributed by atoms with Crippen molar-refractivity contribution in [3.8, 4) is 0 Å². The Morgan fingerprint density at radius 1 is 1.12 bits per heavy atom. The Hall–Kier alpha value is -2.73. The minimum atomic E-state index is -0.270. The summed E-state index contributed by atoms with van der Waals surface area (Å²) in [7, 11) is 0. The van der Waals surface area contributed by atoms with Crippen LogP contribution >= 0.6 is 0 Å². The van der Waals surface area contributed by atoms with Crippen molar-refractivity contribution in [3.63, 3.8) is 0 Å². The minimum Gasteiger partial charge on any atom is -0.353 e. The number of hydrogen-bond donors (Lipinski definition) is 2. The van der Waals surface area contributed by atoms with E-state index >= 15 is 0 Å². The first kappa shape index (κ1) is 15.8. The van der Waals surface area contributed by atoms with Gasteiger partial charge in [-0.2, -0.15) is 0 Å². The predicted molar refractivity (Wildman–Crippen MR) is 94.8 cm³/mol. The molecule has 1 aliphatic rings. The Labute approximate surface area is 145 Å². The average Bonchev–Trinajstić information content (AvgIpc) is 3.33. The largest absolute Gasteiger partial charge is 0.353 e. The second kappa shape index (κ2) is 7.03. The molecular weight excluding hydrogens is 317 g/mol. The van der Waals surface area contributed by atoms with E-state index in [0.29, 0.717) is 5.82 Å². The number of nitrogens with one attached hydrogen (secondary N) is 2. The van der Waals surface area contributed by atoms with Crippen molar-refractivity contribution < 1.29 is 4.39 Å². The summed E-state index contributed by atoms with van der Waals surface area (Å²) < 4.78 is 14.0. The predicted octanol–water partition coefficient (Wildman–Crippen LogP) is 2.90. The van der Waals surface area contributed by atoms with Crippen LogP contribution < -0.4 is 10.2 Å². The maximum Gasteiger partial charge on any atom is 0.165 e. The lowest BCUT2D eigenvalue weighted by Crippen LogP contribution is -2.36. The maximum absolute atomic E-state index is 14.0. The van der Waals surface area contributed by atoms with Crippen molar-refractivity contribution in [1.29, 1.82) is 0 Å². The first-order chi connectivity index (χ1) is 12.3. The number of nitrogens with zero attached hydrogens (tertiary/aromatic N) is 3. The fourth-order valence-corrected chi connectivity index (χ4v) is 3.35. The fourth-order valence-electron chi connectivity index (χ4n) is 3.35. The summed E-state index contributed by atoms with van der Waals surface area (Å²) in [6, 6.07) is 13.5.